The van der Waals surface area contributed by atoms with Crippen LogP contribution in [-0.2, 0) is 13.0 Å². The average molecular weight is 221 g/mol. The van der Waals surface area contributed by atoms with Gasteiger partial charge in [0.1, 0.15) is 5.82 Å². The van der Waals surface area contributed by atoms with Gasteiger partial charge in [-0.25, -0.2) is 4.98 Å². The summed E-state index contributed by atoms with van der Waals surface area (Å²) < 4.78 is 2.14. The quantitative estimate of drug-likeness (QED) is 0.755. The minimum absolute atomic E-state index is 0.180. The number of aromatic nitrogens is 2. The molecule has 88 valence electrons. The number of fused-ring (bicyclic) bond motifs is 1. The van der Waals surface area contributed by atoms with E-state index in [1.165, 1.54) is 18.7 Å². The molecule has 1 aromatic heterocycles. The lowest BCUT2D eigenvalue weighted by molar-refractivity contribution is 0.130. The third-order valence-corrected chi connectivity index (χ3v) is 3.80. The maximum atomic E-state index is 9.62. The Kier molecular flexibility index (Phi) is 2.48. The Morgan fingerprint density at radius 1 is 1.38 bits per heavy atom. The van der Waals surface area contributed by atoms with E-state index in [0.29, 0.717) is 5.92 Å². The molecule has 0 amide bonds. The zero-order valence-corrected chi connectivity index (χ0v) is 9.76. The number of aliphatic hydroxyl groups excluding tert-OH is 1. The molecule has 0 spiro atoms. The molecular formula is C12H19N3O. The maximum Gasteiger partial charge on any atom is 0.109 e. The molecule has 0 aliphatic carbocycles. The molecule has 4 heteroatoms. The lowest BCUT2D eigenvalue weighted by Crippen LogP contribution is -2.23. The van der Waals surface area contributed by atoms with Crippen LogP contribution in [0.5, 0.6) is 0 Å². The molecule has 0 radical (unpaired) electrons. The maximum absolute atomic E-state index is 9.62. The third-order valence-electron chi connectivity index (χ3n) is 3.80. The minimum atomic E-state index is -0.180. The zero-order chi connectivity index (χ0) is 11.1. The van der Waals surface area contributed by atoms with Gasteiger partial charge < -0.3 is 14.6 Å². The molecule has 0 aromatic carbocycles. The van der Waals surface area contributed by atoms with Crippen LogP contribution in [0.15, 0.2) is 6.20 Å². The molecule has 2 aliphatic heterocycles. The third kappa shape index (κ3) is 1.76. The number of imidazole rings is 1. The second-order valence-corrected chi connectivity index (χ2v) is 5.17. The Balaban J connectivity index is 1.82. The molecule has 0 saturated carbocycles. The van der Waals surface area contributed by atoms with Gasteiger partial charge in [-0.05, 0) is 26.4 Å². The highest BCUT2D eigenvalue weighted by atomic mass is 16.3. The van der Waals surface area contributed by atoms with Crippen LogP contribution < -0.4 is 0 Å². The van der Waals surface area contributed by atoms with Crippen molar-refractivity contribution in [3.05, 3.63) is 17.7 Å². The number of hydrogen-bond acceptors (Lipinski definition) is 3. The van der Waals surface area contributed by atoms with E-state index in [-0.39, 0.29) is 6.10 Å². The fourth-order valence-corrected chi connectivity index (χ4v) is 2.82. The summed E-state index contributed by atoms with van der Waals surface area (Å²) in [7, 11) is 2.17. The highest BCUT2D eigenvalue weighted by Crippen LogP contribution is 2.27. The summed E-state index contributed by atoms with van der Waals surface area (Å²) in [5, 5.41) is 9.62. The lowest BCUT2D eigenvalue weighted by atomic mass is 10.1. The summed E-state index contributed by atoms with van der Waals surface area (Å²) in [5.74, 6) is 1.76. The number of hydrogen-bond donors (Lipinski definition) is 1. The summed E-state index contributed by atoms with van der Waals surface area (Å²) in [6.45, 7) is 3.03. The van der Waals surface area contributed by atoms with Crippen LogP contribution in [0.4, 0.5) is 0 Å². The summed E-state index contributed by atoms with van der Waals surface area (Å²) in [6, 6.07) is 0. The second-order valence-electron chi connectivity index (χ2n) is 5.17. The van der Waals surface area contributed by atoms with Gasteiger partial charge in [0.05, 0.1) is 11.8 Å². The number of rotatable bonds is 1. The monoisotopic (exact) mass is 221 g/mol. The molecule has 1 N–H and O–H groups in total. The van der Waals surface area contributed by atoms with Gasteiger partial charge in [-0.3, -0.25) is 0 Å². The van der Waals surface area contributed by atoms with Gasteiger partial charge in [0.15, 0.2) is 0 Å². The standard InChI is InChI=1S/C12H19N3O/c1-14-5-4-9(6-14)11-8-15-7-10(16)2-3-12(15)13-11/h8-10,16H,2-7H2,1H3. The summed E-state index contributed by atoms with van der Waals surface area (Å²) in [4.78, 5) is 7.09. The normalized spacial score (nSPS) is 30.6. The van der Waals surface area contributed by atoms with Crippen molar-refractivity contribution in [1.82, 2.24) is 14.5 Å². The van der Waals surface area contributed by atoms with E-state index in [1.54, 1.807) is 0 Å². The van der Waals surface area contributed by atoms with E-state index >= 15 is 0 Å². The average Bonchev–Trinajstić information content (AvgIpc) is 2.83. The first-order chi connectivity index (χ1) is 7.72. The minimum Gasteiger partial charge on any atom is -0.391 e. The highest BCUT2D eigenvalue weighted by molar-refractivity contribution is 5.13. The van der Waals surface area contributed by atoms with Crippen molar-refractivity contribution >= 4 is 0 Å². The van der Waals surface area contributed by atoms with Gasteiger partial charge in [0.2, 0.25) is 0 Å². The van der Waals surface area contributed by atoms with E-state index in [1.807, 2.05) is 0 Å². The predicted octanol–water partition coefficient (Wildman–Crippen LogP) is 0.609. The van der Waals surface area contributed by atoms with E-state index < -0.39 is 0 Å². The van der Waals surface area contributed by atoms with Crippen LogP contribution in [0, 0.1) is 0 Å². The van der Waals surface area contributed by atoms with Crippen LogP contribution in [0.3, 0.4) is 0 Å². The highest BCUT2D eigenvalue weighted by Gasteiger charge is 2.26. The van der Waals surface area contributed by atoms with Crippen molar-refractivity contribution < 1.29 is 5.11 Å². The summed E-state index contributed by atoms with van der Waals surface area (Å²) in [5.41, 5.74) is 1.23. The Morgan fingerprint density at radius 2 is 2.25 bits per heavy atom. The number of likely N-dealkylation sites (N-methyl/N-ethyl adjacent to an activating group) is 1. The first-order valence-corrected chi connectivity index (χ1v) is 6.15. The molecule has 1 fully saturated rings. The van der Waals surface area contributed by atoms with Gasteiger partial charge in [0, 0.05) is 31.6 Å². The van der Waals surface area contributed by atoms with Crippen LogP contribution >= 0.6 is 0 Å². The fourth-order valence-electron chi connectivity index (χ4n) is 2.82. The molecule has 0 bridgehead atoms. The SMILES string of the molecule is CN1CCC(c2cn3c(n2)CCC(O)C3)C1. The zero-order valence-electron chi connectivity index (χ0n) is 9.76. The first kappa shape index (κ1) is 10.3. The van der Waals surface area contributed by atoms with E-state index in [2.05, 4.69) is 22.7 Å². The molecule has 3 heterocycles. The van der Waals surface area contributed by atoms with Crippen molar-refractivity contribution in [2.45, 2.75) is 37.8 Å². The van der Waals surface area contributed by atoms with Gasteiger partial charge in [-0.1, -0.05) is 0 Å². The lowest BCUT2D eigenvalue weighted by Gasteiger charge is -2.18. The second kappa shape index (κ2) is 3.86. The molecule has 16 heavy (non-hydrogen) atoms. The van der Waals surface area contributed by atoms with Crippen LogP contribution in [-0.4, -0.2) is 45.8 Å². The molecule has 1 aromatic rings. The summed E-state index contributed by atoms with van der Waals surface area (Å²) >= 11 is 0. The largest absolute Gasteiger partial charge is 0.391 e. The van der Waals surface area contributed by atoms with Crippen LogP contribution in [0.1, 0.15) is 30.3 Å². The molecule has 2 aliphatic rings. The molecular weight excluding hydrogens is 202 g/mol. The molecule has 3 rings (SSSR count). The van der Waals surface area contributed by atoms with E-state index in [4.69, 9.17) is 4.98 Å². The van der Waals surface area contributed by atoms with Crippen LogP contribution in [0.25, 0.3) is 0 Å². The van der Waals surface area contributed by atoms with Crippen molar-refractivity contribution in [2.24, 2.45) is 0 Å². The van der Waals surface area contributed by atoms with Crippen molar-refractivity contribution in [3.8, 4) is 0 Å². The van der Waals surface area contributed by atoms with E-state index in [9.17, 15) is 5.11 Å². The molecule has 2 unspecified atom stereocenters. The first-order valence-electron chi connectivity index (χ1n) is 6.15. The van der Waals surface area contributed by atoms with Gasteiger partial charge in [-0.15, -0.1) is 0 Å². The van der Waals surface area contributed by atoms with E-state index in [0.717, 1.165) is 31.8 Å². The number of aryl methyl sites for hydroxylation is 1. The predicted molar refractivity (Wildman–Crippen MR) is 61.4 cm³/mol. The smallest absolute Gasteiger partial charge is 0.109 e. The fraction of sp³-hybridized carbons (Fsp3) is 0.750. The number of nitrogens with zero attached hydrogens (tertiary/aromatic N) is 3. The van der Waals surface area contributed by atoms with Crippen molar-refractivity contribution in [3.63, 3.8) is 0 Å². The molecule has 1 saturated heterocycles. The number of aliphatic hydroxyl groups is 1. The van der Waals surface area contributed by atoms with Crippen LogP contribution in [0.2, 0.25) is 0 Å². The topological polar surface area (TPSA) is 41.3 Å². The van der Waals surface area contributed by atoms with Crippen molar-refractivity contribution in [1.29, 1.82) is 0 Å². The van der Waals surface area contributed by atoms with Gasteiger partial charge in [-0.2, -0.15) is 0 Å². The molecule has 2 atom stereocenters. The molecule has 4 nitrogen and oxygen atoms in total. The Bertz CT molecular complexity index is 388. The van der Waals surface area contributed by atoms with Gasteiger partial charge >= 0.3 is 0 Å². The Hall–Kier alpha value is -0.870. The van der Waals surface area contributed by atoms with Gasteiger partial charge in [0.25, 0.3) is 0 Å². The van der Waals surface area contributed by atoms with Crippen molar-refractivity contribution in [2.75, 3.05) is 20.1 Å². The summed E-state index contributed by atoms with van der Waals surface area (Å²) in [6.07, 6.45) is 4.97. The number of likely N-dealkylation sites (tertiary alicyclic amines) is 1. The Morgan fingerprint density at radius 3 is 3.00 bits per heavy atom. The Labute approximate surface area is 95.9 Å².